The first-order chi connectivity index (χ1) is 34.1. The van der Waals surface area contributed by atoms with E-state index in [-0.39, 0.29) is 16.2 Å². The molecule has 4 saturated carbocycles. The van der Waals surface area contributed by atoms with E-state index >= 15 is 0 Å². The lowest BCUT2D eigenvalue weighted by molar-refractivity contribution is -0.0283. The normalized spacial score (nSPS) is 21.2. The zero-order chi connectivity index (χ0) is 47.4. The van der Waals surface area contributed by atoms with Gasteiger partial charge in [0.1, 0.15) is 0 Å². The highest BCUT2D eigenvalue weighted by molar-refractivity contribution is 6.00. The molecule has 336 valence electrons. The van der Waals surface area contributed by atoms with Gasteiger partial charge in [-0.1, -0.05) is 166 Å². The molecule has 0 spiro atoms. The van der Waals surface area contributed by atoms with Crippen LogP contribution in [0, 0.1) is 41.4 Å². The minimum atomic E-state index is -0.130. The highest BCUT2D eigenvalue weighted by Gasteiger charge is 2.59. The molecule has 4 fully saturated rings. The van der Waals surface area contributed by atoms with Crippen LogP contribution in [0.2, 0.25) is 0 Å². The zero-order valence-electron chi connectivity index (χ0n) is 39.8. The fourth-order valence-electron chi connectivity index (χ4n) is 14.2. The SMILES string of the molecule is Cc1cc(-c2ccc(-c3ccc(C#N)c4ccccc34)cc2C#N)ccc1C12CC3CC(CC(c4ccc(-c5nc(-c6ccccc6)nc(-c6ccc7c(c6)C(C)(C)c6ccccc6-7)n5)cc4)(C3)C1)C2. The summed E-state index contributed by atoms with van der Waals surface area (Å²) < 4.78 is 0. The van der Waals surface area contributed by atoms with Crippen LogP contribution in [0.25, 0.3) is 78.3 Å². The second-order valence-corrected chi connectivity index (χ2v) is 21.4. The zero-order valence-corrected chi connectivity index (χ0v) is 39.8. The molecule has 8 aromatic carbocycles. The molecule has 5 nitrogen and oxygen atoms in total. The Kier molecular flexibility index (Phi) is 9.50. The first kappa shape index (κ1) is 42.1. The third-order valence-corrected chi connectivity index (χ3v) is 16.9. The summed E-state index contributed by atoms with van der Waals surface area (Å²) in [6, 6.07) is 65.1. The fourth-order valence-corrected chi connectivity index (χ4v) is 14.2. The quantitative estimate of drug-likeness (QED) is 0.159. The molecule has 2 atom stereocenters. The van der Waals surface area contributed by atoms with E-state index in [9.17, 15) is 10.5 Å². The van der Waals surface area contributed by atoms with Gasteiger partial charge >= 0.3 is 0 Å². The summed E-state index contributed by atoms with van der Waals surface area (Å²) in [4.78, 5) is 15.5. The van der Waals surface area contributed by atoms with Gasteiger partial charge in [0.2, 0.25) is 0 Å². The Morgan fingerprint density at radius 3 is 1.73 bits per heavy atom. The smallest absolute Gasteiger partial charge is 0.164 e. The van der Waals surface area contributed by atoms with Gasteiger partial charge in [0, 0.05) is 27.5 Å². The highest BCUT2D eigenvalue weighted by Crippen LogP contribution is 2.66. The Balaban J connectivity index is 0.816. The summed E-state index contributed by atoms with van der Waals surface area (Å²) in [5.74, 6) is 3.44. The van der Waals surface area contributed by atoms with E-state index in [2.05, 4.69) is 148 Å². The lowest BCUT2D eigenvalue weighted by Gasteiger charge is -2.63. The number of hydrogen-bond donors (Lipinski definition) is 0. The molecule has 1 heterocycles. The van der Waals surface area contributed by atoms with Crippen LogP contribution in [0.15, 0.2) is 170 Å². The third kappa shape index (κ3) is 6.59. The number of rotatable bonds is 7. The molecule has 5 heteroatoms. The van der Waals surface area contributed by atoms with Crippen molar-refractivity contribution in [3.8, 4) is 79.7 Å². The molecular weight excluding hydrogens is 851 g/mol. The summed E-state index contributed by atoms with van der Waals surface area (Å²) in [5, 5.41) is 22.2. The van der Waals surface area contributed by atoms with E-state index in [1.165, 1.54) is 71.0 Å². The monoisotopic (exact) mass is 901 g/mol. The van der Waals surface area contributed by atoms with Crippen LogP contribution in [0.1, 0.15) is 91.3 Å². The largest absolute Gasteiger partial charge is 0.208 e. The number of aryl methyl sites for hydroxylation is 1. The van der Waals surface area contributed by atoms with Gasteiger partial charge in [-0.15, -0.1) is 0 Å². The van der Waals surface area contributed by atoms with Crippen molar-refractivity contribution in [1.29, 1.82) is 10.5 Å². The second kappa shape index (κ2) is 15.8. The molecule has 5 aliphatic rings. The first-order valence-corrected chi connectivity index (χ1v) is 24.9. The molecule has 0 N–H and O–H groups in total. The molecule has 0 radical (unpaired) electrons. The summed E-state index contributed by atoms with van der Waals surface area (Å²) in [6.07, 6.45) is 7.43. The van der Waals surface area contributed by atoms with Crippen LogP contribution < -0.4 is 0 Å². The molecule has 1 aromatic heterocycles. The van der Waals surface area contributed by atoms with Gasteiger partial charge in [-0.25, -0.2) is 15.0 Å². The second-order valence-electron chi connectivity index (χ2n) is 21.4. The van der Waals surface area contributed by atoms with Gasteiger partial charge in [0.25, 0.3) is 0 Å². The van der Waals surface area contributed by atoms with Crippen molar-refractivity contribution in [2.24, 2.45) is 11.8 Å². The standard InChI is InChI=1S/C65H51N5/c1-40-29-45(51-25-19-46(31-49(51)38-67)53-26-21-48(37-66)52-13-7-8-14-54(52)53)22-28-57(40)65-35-41-30-42(36-65)34-64(33-41,39-65)50-23-17-44(18-24-50)61-68-60(43-11-5-4-6-12-43)69-62(70-61)47-20-27-56-55-15-9-10-16-58(55)63(2,3)59(56)32-47/h4-29,31-32,41-42H,30,33-36,39H2,1-3H3. The molecule has 14 rings (SSSR count). The fraction of sp³-hybridized carbons (Fsp3) is 0.215. The van der Waals surface area contributed by atoms with E-state index in [1.54, 1.807) is 0 Å². The third-order valence-electron chi connectivity index (χ3n) is 16.9. The van der Waals surface area contributed by atoms with Gasteiger partial charge in [0.05, 0.1) is 23.3 Å². The summed E-state index contributed by atoms with van der Waals surface area (Å²) in [5.41, 5.74) is 17.9. The van der Waals surface area contributed by atoms with Crippen molar-refractivity contribution in [2.45, 2.75) is 75.5 Å². The van der Waals surface area contributed by atoms with Crippen molar-refractivity contribution in [1.82, 2.24) is 15.0 Å². The van der Waals surface area contributed by atoms with E-state index in [0.29, 0.717) is 40.4 Å². The molecule has 5 aliphatic carbocycles. The molecule has 9 aromatic rings. The lowest BCUT2D eigenvalue weighted by atomic mass is 9.41. The van der Waals surface area contributed by atoms with Crippen molar-refractivity contribution < 1.29 is 0 Å². The Hall–Kier alpha value is -7.99. The maximum absolute atomic E-state index is 10.5. The Bertz CT molecular complexity index is 3690. The lowest BCUT2D eigenvalue weighted by Crippen LogP contribution is -2.56. The van der Waals surface area contributed by atoms with E-state index < -0.39 is 0 Å². The Labute approximate surface area is 410 Å². The van der Waals surface area contributed by atoms with Gasteiger partial charge in [-0.05, 0) is 153 Å². The van der Waals surface area contributed by atoms with Crippen LogP contribution in [0.5, 0.6) is 0 Å². The number of fused-ring (bicyclic) bond motifs is 4. The number of nitrogens with zero attached hydrogens (tertiary/aromatic N) is 5. The minimum Gasteiger partial charge on any atom is -0.208 e. The number of hydrogen-bond acceptors (Lipinski definition) is 5. The predicted octanol–water partition coefficient (Wildman–Crippen LogP) is 15.5. The minimum absolute atomic E-state index is 0.113. The maximum Gasteiger partial charge on any atom is 0.164 e. The molecule has 4 bridgehead atoms. The van der Waals surface area contributed by atoms with Crippen LogP contribution in [0.3, 0.4) is 0 Å². The molecule has 0 amide bonds. The average molecular weight is 902 g/mol. The summed E-state index contributed by atoms with van der Waals surface area (Å²) in [6.45, 7) is 6.92. The number of benzene rings is 8. The molecule has 0 aliphatic heterocycles. The maximum atomic E-state index is 10.5. The van der Waals surface area contributed by atoms with Crippen molar-refractivity contribution in [3.05, 3.63) is 209 Å². The van der Waals surface area contributed by atoms with E-state index in [1.807, 2.05) is 54.6 Å². The van der Waals surface area contributed by atoms with Crippen molar-refractivity contribution >= 4 is 10.8 Å². The molecule has 70 heavy (non-hydrogen) atoms. The van der Waals surface area contributed by atoms with E-state index in [4.69, 9.17) is 15.0 Å². The summed E-state index contributed by atoms with van der Waals surface area (Å²) >= 11 is 0. The van der Waals surface area contributed by atoms with Crippen LogP contribution in [0.4, 0.5) is 0 Å². The molecular formula is C65H51N5. The predicted molar refractivity (Wildman–Crippen MR) is 281 cm³/mol. The van der Waals surface area contributed by atoms with Gasteiger partial charge < -0.3 is 0 Å². The van der Waals surface area contributed by atoms with Gasteiger partial charge in [-0.2, -0.15) is 10.5 Å². The van der Waals surface area contributed by atoms with Gasteiger partial charge in [0.15, 0.2) is 17.5 Å². The van der Waals surface area contributed by atoms with Crippen LogP contribution in [-0.4, -0.2) is 15.0 Å². The summed E-state index contributed by atoms with van der Waals surface area (Å²) in [7, 11) is 0. The topological polar surface area (TPSA) is 86.2 Å². The Morgan fingerprint density at radius 1 is 0.443 bits per heavy atom. The van der Waals surface area contributed by atoms with Crippen molar-refractivity contribution in [3.63, 3.8) is 0 Å². The first-order valence-electron chi connectivity index (χ1n) is 24.9. The van der Waals surface area contributed by atoms with Crippen LogP contribution in [-0.2, 0) is 16.2 Å². The number of nitriles is 2. The average Bonchev–Trinajstić information content (AvgIpc) is 3.63. The number of aromatic nitrogens is 3. The van der Waals surface area contributed by atoms with Gasteiger partial charge in [-0.3, -0.25) is 0 Å². The highest BCUT2D eigenvalue weighted by atomic mass is 15.0. The van der Waals surface area contributed by atoms with Crippen molar-refractivity contribution in [2.75, 3.05) is 0 Å². The van der Waals surface area contributed by atoms with Crippen LogP contribution >= 0.6 is 0 Å². The van der Waals surface area contributed by atoms with E-state index in [0.717, 1.165) is 56.1 Å². The molecule has 0 saturated heterocycles. The Morgan fingerprint density at radius 2 is 1.00 bits per heavy atom. The molecule has 2 unspecified atom stereocenters.